The van der Waals surface area contributed by atoms with Crippen molar-refractivity contribution in [2.75, 3.05) is 32.2 Å². The van der Waals surface area contributed by atoms with Crippen LogP contribution >= 0.6 is 0 Å². The first-order valence-corrected chi connectivity index (χ1v) is 8.05. The van der Waals surface area contributed by atoms with Crippen LogP contribution in [0.1, 0.15) is 24.3 Å². The van der Waals surface area contributed by atoms with Crippen LogP contribution < -0.4 is 5.32 Å². The summed E-state index contributed by atoms with van der Waals surface area (Å²) in [6.45, 7) is 3.57. The Labute approximate surface area is 120 Å². The van der Waals surface area contributed by atoms with Gasteiger partial charge in [-0.25, -0.2) is 8.42 Å². The van der Waals surface area contributed by atoms with E-state index in [1.165, 1.54) is 17.4 Å². The molecule has 0 atom stereocenters. The number of carbonyl (C=O) groups is 1. The van der Waals surface area contributed by atoms with Gasteiger partial charge in [0.15, 0.2) is 9.84 Å². The minimum absolute atomic E-state index is 0.198. The van der Waals surface area contributed by atoms with Crippen LogP contribution in [0.5, 0.6) is 0 Å². The summed E-state index contributed by atoms with van der Waals surface area (Å²) in [5.41, 5.74) is 0.985. The van der Waals surface area contributed by atoms with Gasteiger partial charge in [0.2, 0.25) is 0 Å². The summed E-state index contributed by atoms with van der Waals surface area (Å²) in [6, 6.07) is 3.31. The molecule has 0 saturated heterocycles. The summed E-state index contributed by atoms with van der Waals surface area (Å²) >= 11 is 0. The van der Waals surface area contributed by atoms with Gasteiger partial charge in [0, 0.05) is 38.8 Å². The molecular weight excluding hydrogens is 278 g/mol. The number of carbonyl (C=O) groups excluding carboxylic acids is 1. The summed E-state index contributed by atoms with van der Waals surface area (Å²) in [4.78, 5) is 17.2. The van der Waals surface area contributed by atoms with Crippen molar-refractivity contribution in [1.29, 1.82) is 0 Å². The molecule has 0 saturated carbocycles. The number of nitrogens with one attached hydrogen (secondary N) is 1. The van der Waals surface area contributed by atoms with Gasteiger partial charge in [0.1, 0.15) is 5.69 Å². The van der Waals surface area contributed by atoms with Crippen molar-refractivity contribution in [1.82, 2.24) is 9.88 Å². The molecular formula is C13H21N3O3S. The van der Waals surface area contributed by atoms with E-state index in [1.807, 2.05) is 0 Å². The minimum atomic E-state index is -3.17. The first-order chi connectivity index (χ1) is 9.04. The highest BCUT2D eigenvalue weighted by atomic mass is 32.2. The normalized spacial score (nSPS) is 12.1. The molecule has 1 N–H and O–H groups in total. The predicted octanol–water partition coefficient (Wildman–Crippen LogP) is 1.02. The Morgan fingerprint density at radius 3 is 2.50 bits per heavy atom. The van der Waals surface area contributed by atoms with Gasteiger partial charge < -0.3 is 10.2 Å². The second kappa shape index (κ2) is 5.78. The fraction of sp³-hybridized carbons (Fsp3) is 0.538. The third-order valence-corrected chi connectivity index (χ3v) is 5.26. The molecule has 20 heavy (non-hydrogen) atoms. The van der Waals surface area contributed by atoms with Gasteiger partial charge in [0.05, 0.1) is 4.75 Å². The second-order valence-electron chi connectivity index (χ2n) is 5.51. The topological polar surface area (TPSA) is 79.4 Å². The quantitative estimate of drug-likeness (QED) is 0.878. The maximum atomic E-state index is 11.8. The van der Waals surface area contributed by atoms with E-state index in [2.05, 4.69) is 10.3 Å². The maximum Gasteiger partial charge on any atom is 0.272 e. The Balaban J connectivity index is 2.85. The molecule has 0 fully saturated rings. The smallest absolute Gasteiger partial charge is 0.272 e. The van der Waals surface area contributed by atoms with Gasteiger partial charge in [-0.15, -0.1) is 0 Å². The Morgan fingerprint density at radius 1 is 1.40 bits per heavy atom. The van der Waals surface area contributed by atoms with Crippen molar-refractivity contribution in [2.24, 2.45) is 0 Å². The molecule has 0 aliphatic carbocycles. The van der Waals surface area contributed by atoms with Crippen molar-refractivity contribution < 1.29 is 13.2 Å². The molecule has 1 heterocycles. The number of sulfone groups is 1. The highest BCUT2D eigenvalue weighted by Crippen LogP contribution is 2.17. The SMILES string of the molecule is CN(C)C(=O)c1cc(NCC(C)(C)S(C)(=O)=O)ccn1. The molecule has 0 unspecified atom stereocenters. The van der Waals surface area contributed by atoms with Gasteiger partial charge in [-0.05, 0) is 26.0 Å². The summed E-state index contributed by atoms with van der Waals surface area (Å²) < 4.78 is 22.4. The fourth-order valence-electron chi connectivity index (χ4n) is 1.33. The van der Waals surface area contributed by atoms with Crippen LogP contribution in [-0.4, -0.2) is 55.9 Å². The van der Waals surface area contributed by atoms with Gasteiger partial charge >= 0.3 is 0 Å². The van der Waals surface area contributed by atoms with E-state index in [1.54, 1.807) is 40.1 Å². The number of pyridine rings is 1. The van der Waals surface area contributed by atoms with Crippen molar-refractivity contribution >= 4 is 21.4 Å². The monoisotopic (exact) mass is 299 g/mol. The number of rotatable bonds is 5. The lowest BCUT2D eigenvalue weighted by atomic mass is 10.2. The molecule has 1 amide bonds. The van der Waals surface area contributed by atoms with Gasteiger partial charge in [-0.2, -0.15) is 0 Å². The summed E-state index contributed by atoms with van der Waals surface area (Å²) in [6.07, 6.45) is 2.73. The summed E-state index contributed by atoms with van der Waals surface area (Å²) in [5.74, 6) is -0.198. The number of aromatic nitrogens is 1. The van der Waals surface area contributed by atoms with Crippen LogP contribution in [0.2, 0.25) is 0 Å². The Bertz CT molecular complexity index is 595. The molecule has 7 heteroatoms. The summed E-state index contributed by atoms with van der Waals surface area (Å²) in [5, 5.41) is 3.04. The van der Waals surface area contributed by atoms with Crippen molar-refractivity contribution in [3.8, 4) is 0 Å². The molecule has 0 aliphatic rings. The van der Waals surface area contributed by atoms with Gasteiger partial charge in [-0.1, -0.05) is 0 Å². The second-order valence-corrected chi connectivity index (χ2v) is 8.16. The highest BCUT2D eigenvalue weighted by molar-refractivity contribution is 7.92. The first kappa shape index (κ1) is 16.4. The largest absolute Gasteiger partial charge is 0.383 e. The fourth-order valence-corrected chi connectivity index (χ4v) is 1.67. The molecule has 0 aliphatic heterocycles. The molecule has 0 aromatic carbocycles. The van der Waals surface area contributed by atoms with E-state index in [-0.39, 0.29) is 12.5 Å². The zero-order valence-corrected chi connectivity index (χ0v) is 13.3. The minimum Gasteiger partial charge on any atom is -0.383 e. The van der Waals surface area contributed by atoms with Gasteiger partial charge in [-0.3, -0.25) is 9.78 Å². The molecule has 0 bridgehead atoms. The van der Waals surface area contributed by atoms with Gasteiger partial charge in [0.25, 0.3) is 5.91 Å². The number of nitrogens with zero attached hydrogens (tertiary/aromatic N) is 2. The molecule has 1 aromatic rings. The van der Waals surface area contributed by atoms with Crippen molar-refractivity contribution in [2.45, 2.75) is 18.6 Å². The Kier molecular flexibility index (Phi) is 4.75. The van der Waals surface area contributed by atoms with E-state index >= 15 is 0 Å². The zero-order chi connectivity index (χ0) is 15.6. The zero-order valence-electron chi connectivity index (χ0n) is 12.5. The molecule has 6 nitrogen and oxygen atoms in total. The van der Waals surface area contributed by atoms with E-state index in [9.17, 15) is 13.2 Å². The third kappa shape index (κ3) is 3.93. The highest BCUT2D eigenvalue weighted by Gasteiger charge is 2.29. The standard InChI is InChI=1S/C13H21N3O3S/c1-13(2,20(5,18)19)9-15-10-6-7-14-11(8-10)12(17)16(3)4/h6-8H,9H2,1-5H3,(H,14,15). The molecule has 1 aromatic heterocycles. The molecule has 0 radical (unpaired) electrons. The van der Waals surface area contributed by atoms with Crippen LogP contribution in [0, 0.1) is 0 Å². The molecule has 1 rings (SSSR count). The van der Waals surface area contributed by atoms with E-state index in [4.69, 9.17) is 0 Å². The number of hydrogen-bond donors (Lipinski definition) is 1. The van der Waals surface area contributed by atoms with Crippen LogP contribution in [0.15, 0.2) is 18.3 Å². The average molecular weight is 299 g/mol. The van der Waals surface area contributed by atoms with Crippen LogP contribution in [0.25, 0.3) is 0 Å². The van der Waals surface area contributed by atoms with Crippen molar-refractivity contribution in [3.05, 3.63) is 24.0 Å². The van der Waals surface area contributed by atoms with E-state index in [0.29, 0.717) is 11.4 Å². The number of amides is 1. The maximum absolute atomic E-state index is 11.8. The first-order valence-electron chi connectivity index (χ1n) is 6.16. The molecule has 112 valence electrons. The lowest BCUT2D eigenvalue weighted by molar-refractivity contribution is 0.0822. The number of hydrogen-bond acceptors (Lipinski definition) is 5. The predicted molar refractivity (Wildman–Crippen MR) is 79.7 cm³/mol. The summed E-state index contributed by atoms with van der Waals surface area (Å²) in [7, 11) is 0.134. The lowest BCUT2D eigenvalue weighted by Gasteiger charge is -2.23. The number of anilines is 1. The van der Waals surface area contributed by atoms with E-state index in [0.717, 1.165) is 0 Å². The third-order valence-electron chi connectivity index (χ3n) is 3.11. The van der Waals surface area contributed by atoms with E-state index < -0.39 is 14.6 Å². The Hall–Kier alpha value is -1.63. The lowest BCUT2D eigenvalue weighted by Crippen LogP contribution is -2.38. The Morgan fingerprint density at radius 2 is 2.00 bits per heavy atom. The van der Waals surface area contributed by atoms with Crippen LogP contribution in [0.3, 0.4) is 0 Å². The average Bonchev–Trinajstić information content (AvgIpc) is 2.34. The van der Waals surface area contributed by atoms with Crippen LogP contribution in [0.4, 0.5) is 5.69 Å². The van der Waals surface area contributed by atoms with Crippen LogP contribution in [-0.2, 0) is 9.84 Å². The van der Waals surface area contributed by atoms with Crippen molar-refractivity contribution in [3.63, 3.8) is 0 Å². The molecule has 0 spiro atoms.